The van der Waals surface area contributed by atoms with E-state index in [1.54, 1.807) is 25.2 Å². The number of hydrogen-bond donors (Lipinski definition) is 2. The molecule has 1 unspecified atom stereocenters. The minimum Gasteiger partial charge on any atom is -0.357 e. The zero-order valence-electron chi connectivity index (χ0n) is 18.1. The van der Waals surface area contributed by atoms with Crippen LogP contribution in [0.2, 0.25) is 5.02 Å². The minimum absolute atomic E-state index is 0. The van der Waals surface area contributed by atoms with Gasteiger partial charge < -0.3 is 20.4 Å². The molecule has 3 rings (SSSR count). The third-order valence-corrected chi connectivity index (χ3v) is 5.23. The molecule has 1 aromatic carbocycles. The Labute approximate surface area is 206 Å². The monoisotopic (exact) mass is 556 g/mol. The molecule has 168 valence electrons. The molecule has 7 nitrogen and oxygen atoms in total. The quantitative estimate of drug-likeness (QED) is 0.324. The Morgan fingerprint density at radius 3 is 2.68 bits per heavy atom. The van der Waals surface area contributed by atoms with E-state index in [1.165, 1.54) is 0 Å². The standard InChI is InChI=1S/C22H29ClN6O.HI/c1-4-24-22(26-14-16-7-9-17(10-8-16)21(30)28(2)3)27-18-11-13-29(15-18)20-19(23)6-5-12-25-20;/h5-10,12,18H,4,11,13-15H2,1-3H3,(H2,24,26,27);1H. The maximum atomic E-state index is 12.0. The summed E-state index contributed by atoms with van der Waals surface area (Å²) in [4.78, 5) is 24.9. The fourth-order valence-electron chi connectivity index (χ4n) is 3.38. The first-order valence-electron chi connectivity index (χ1n) is 10.2. The number of carbonyl (C=O) groups excluding carboxylic acids is 1. The smallest absolute Gasteiger partial charge is 0.253 e. The van der Waals surface area contributed by atoms with Gasteiger partial charge in [0.05, 0.1) is 11.6 Å². The highest BCUT2D eigenvalue weighted by Gasteiger charge is 2.25. The van der Waals surface area contributed by atoms with Crippen molar-refractivity contribution in [2.45, 2.75) is 25.9 Å². The van der Waals surface area contributed by atoms with Crippen LogP contribution in [0.1, 0.15) is 29.3 Å². The van der Waals surface area contributed by atoms with Crippen LogP contribution in [-0.4, -0.2) is 61.5 Å². The van der Waals surface area contributed by atoms with Gasteiger partial charge in [0.25, 0.3) is 5.91 Å². The van der Waals surface area contributed by atoms with Crippen LogP contribution in [0.25, 0.3) is 0 Å². The van der Waals surface area contributed by atoms with E-state index in [1.807, 2.05) is 43.3 Å². The topological polar surface area (TPSA) is 72.9 Å². The number of rotatable bonds is 6. The number of amides is 1. The fourth-order valence-corrected chi connectivity index (χ4v) is 3.62. The van der Waals surface area contributed by atoms with Crippen molar-refractivity contribution in [2.75, 3.05) is 38.6 Å². The zero-order valence-corrected chi connectivity index (χ0v) is 21.2. The molecule has 2 heterocycles. The van der Waals surface area contributed by atoms with Crippen molar-refractivity contribution in [2.24, 2.45) is 4.99 Å². The van der Waals surface area contributed by atoms with Gasteiger partial charge in [0.15, 0.2) is 5.96 Å². The fraction of sp³-hybridized carbons (Fsp3) is 0.409. The van der Waals surface area contributed by atoms with Gasteiger partial charge >= 0.3 is 0 Å². The maximum absolute atomic E-state index is 12.0. The SMILES string of the molecule is CCNC(=NCc1ccc(C(=O)N(C)C)cc1)NC1CCN(c2ncccc2Cl)C1.I. The number of guanidine groups is 1. The van der Waals surface area contributed by atoms with Crippen LogP contribution in [0.4, 0.5) is 5.82 Å². The average Bonchev–Trinajstić information content (AvgIpc) is 3.20. The van der Waals surface area contributed by atoms with E-state index in [2.05, 4.69) is 20.5 Å². The summed E-state index contributed by atoms with van der Waals surface area (Å²) in [5, 5.41) is 7.50. The summed E-state index contributed by atoms with van der Waals surface area (Å²) < 4.78 is 0. The average molecular weight is 557 g/mol. The van der Waals surface area contributed by atoms with Crippen molar-refractivity contribution >= 4 is 53.3 Å². The van der Waals surface area contributed by atoms with Crippen molar-refractivity contribution in [3.8, 4) is 0 Å². The summed E-state index contributed by atoms with van der Waals surface area (Å²) in [7, 11) is 3.50. The number of nitrogens with zero attached hydrogens (tertiary/aromatic N) is 4. The number of nitrogens with one attached hydrogen (secondary N) is 2. The van der Waals surface area contributed by atoms with Crippen molar-refractivity contribution in [1.29, 1.82) is 0 Å². The van der Waals surface area contributed by atoms with Crippen molar-refractivity contribution in [3.05, 3.63) is 58.7 Å². The number of pyridine rings is 1. The van der Waals surface area contributed by atoms with Crippen molar-refractivity contribution < 1.29 is 4.79 Å². The molecule has 1 aliphatic rings. The van der Waals surface area contributed by atoms with Crippen LogP contribution in [0.3, 0.4) is 0 Å². The molecule has 0 spiro atoms. The molecule has 0 radical (unpaired) electrons. The first-order chi connectivity index (χ1) is 14.5. The van der Waals surface area contributed by atoms with Gasteiger partial charge in [-0.3, -0.25) is 4.79 Å². The highest BCUT2D eigenvalue weighted by atomic mass is 127. The van der Waals surface area contributed by atoms with Crippen LogP contribution in [0.15, 0.2) is 47.6 Å². The maximum Gasteiger partial charge on any atom is 0.253 e. The second-order valence-corrected chi connectivity index (χ2v) is 7.88. The van der Waals surface area contributed by atoms with Crippen LogP contribution < -0.4 is 15.5 Å². The molecule has 1 saturated heterocycles. The van der Waals surface area contributed by atoms with Crippen LogP contribution in [0, 0.1) is 0 Å². The predicted octanol–water partition coefficient (Wildman–Crippen LogP) is 3.39. The second kappa shape index (κ2) is 12.1. The number of carbonyl (C=O) groups is 1. The van der Waals surface area contributed by atoms with Crippen molar-refractivity contribution in [1.82, 2.24) is 20.5 Å². The highest BCUT2D eigenvalue weighted by Crippen LogP contribution is 2.25. The van der Waals surface area contributed by atoms with Gasteiger partial charge in [-0.05, 0) is 43.2 Å². The van der Waals surface area contributed by atoms with E-state index in [0.717, 1.165) is 43.4 Å². The van der Waals surface area contributed by atoms with Gasteiger partial charge in [0, 0.05) is 51.5 Å². The van der Waals surface area contributed by atoms with Gasteiger partial charge in [0.2, 0.25) is 0 Å². The number of halogens is 2. The van der Waals surface area contributed by atoms with Gasteiger partial charge in [-0.25, -0.2) is 9.98 Å². The van der Waals surface area contributed by atoms with E-state index in [9.17, 15) is 4.79 Å². The summed E-state index contributed by atoms with van der Waals surface area (Å²) in [6.07, 6.45) is 2.75. The van der Waals surface area contributed by atoms with Gasteiger partial charge in [0.1, 0.15) is 5.82 Å². The molecule has 1 aromatic heterocycles. The Morgan fingerprint density at radius 1 is 1.29 bits per heavy atom. The molecule has 1 aliphatic heterocycles. The van der Waals surface area contributed by atoms with E-state index in [-0.39, 0.29) is 35.9 Å². The number of benzene rings is 1. The summed E-state index contributed by atoms with van der Waals surface area (Å²) in [6, 6.07) is 11.6. The Bertz CT molecular complexity index is 890. The number of aromatic nitrogens is 1. The Kier molecular flexibility index (Phi) is 9.83. The zero-order chi connectivity index (χ0) is 21.5. The third kappa shape index (κ3) is 6.96. The second-order valence-electron chi connectivity index (χ2n) is 7.48. The molecule has 9 heteroatoms. The molecule has 1 amide bonds. The van der Waals surface area contributed by atoms with Crippen LogP contribution in [-0.2, 0) is 6.54 Å². The molecule has 1 fully saturated rings. The Morgan fingerprint density at radius 2 is 2.03 bits per heavy atom. The minimum atomic E-state index is -0.00106. The van der Waals surface area contributed by atoms with Gasteiger partial charge in [-0.1, -0.05) is 23.7 Å². The molecule has 0 aliphatic carbocycles. The number of aliphatic imine (C=N–C) groups is 1. The molecule has 0 bridgehead atoms. The summed E-state index contributed by atoms with van der Waals surface area (Å²) in [5.41, 5.74) is 1.73. The lowest BCUT2D eigenvalue weighted by Crippen LogP contribution is -2.44. The number of anilines is 1. The first-order valence-corrected chi connectivity index (χ1v) is 10.6. The molecule has 31 heavy (non-hydrogen) atoms. The summed E-state index contributed by atoms with van der Waals surface area (Å²) in [5.74, 6) is 1.61. The van der Waals surface area contributed by atoms with Crippen molar-refractivity contribution in [3.63, 3.8) is 0 Å². The molecular weight excluding hydrogens is 527 g/mol. The molecule has 2 N–H and O–H groups in total. The van der Waals surface area contributed by atoms with Crippen LogP contribution in [0.5, 0.6) is 0 Å². The Balaban J connectivity index is 0.00000341. The normalized spacial score (nSPS) is 15.9. The lowest BCUT2D eigenvalue weighted by atomic mass is 10.1. The molecular formula is C22H30ClIN6O. The number of hydrogen-bond acceptors (Lipinski definition) is 4. The summed E-state index contributed by atoms with van der Waals surface area (Å²) in [6.45, 7) is 5.09. The summed E-state index contributed by atoms with van der Waals surface area (Å²) >= 11 is 6.29. The van der Waals surface area contributed by atoms with Gasteiger partial charge in [-0.2, -0.15) is 0 Å². The predicted molar refractivity (Wildman–Crippen MR) is 138 cm³/mol. The molecule has 0 saturated carbocycles. The first kappa shape index (κ1) is 25.2. The van der Waals surface area contributed by atoms with E-state index < -0.39 is 0 Å². The largest absolute Gasteiger partial charge is 0.357 e. The molecule has 2 aromatic rings. The van der Waals surface area contributed by atoms with Crippen LogP contribution >= 0.6 is 35.6 Å². The molecule has 1 atom stereocenters. The third-order valence-electron chi connectivity index (χ3n) is 4.94. The Hall–Kier alpha value is -2.07. The highest BCUT2D eigenvalue weighted by molar-refractivity contribution is 14.0. The van der Waals surface area contributed by atoms with E-state index in [0.29, 0.717) is 17.1 Å². The van der Waals surface area contributed by atoms with E-state index in [4.69, 9.17) is 16.6 Å². The van der Waals surface area contributed by atoms with Gasteiger partial charge in [-0.15, -0.1) is 24.0 Å². The lowest BCUT2D eigenvalue weighted by Gasteiger charge is -2.20. The lowest BCUT2D eigenvalue weighted by molar-refractivity contribution is 0.0827. The van der Waals surface area contributed by atoms with E-state index >= 15 is 0 Å².